The van der Waals surface area contributed by atoms with Crippen molar-refractivity contribution in [3.05, 3.63) is 46.2 Å². The lowest BCUT2D eigenvalue weighted by molar-refractivity contribution is 1.32. The molecule has 0 aliphatic carbocycles. The SMILES string of the molecule is Nc1ncc(I)cc1-c1ccccc1. The van der Waals surface area contributed by atoms with Crippen molar-refractivity contribution < 1.29 is 0 Å². The third kappa shape index (κ3) is 1.87. The molecule has 0 bridgehead atoms. The van der Waals surface area contributed by atoms with Gasteiger partial charge in [0.15, 0.2) is 0 Å². The van der Waals surface area contributed by atoms with Gasteiger partial charge in [0, 0.05) is 15.3 Å². The molecule has 0 saturated heterocycles. The number of nitrogens with zero attached hydrogens (tertiary/aromatic N) is 1. The number of anilines is 1. The topological polar surface area (TPSA) is 38.9 Å². The van der Waals surface area contributed by atoms with Crippen LogP contribution in [0.1, 0.15) is 0 Å². The van der Waals surface area contributed by atoms with Gasteiger partial charge in [-0.15, -0.1) is 0 Å². The van der Waals surface area contributed by atoms with Crippen molar-refractivity contribution in [2.45, 2.75) is 0 Å². The molecule has 0 atom stereocenters. The molecular formula is C11H9IN2. The van der Waals surface area contributed by atoms with Gasteiger partial charge in [0.2, 0.25) is 0 Å². The van der Waals surface area contributed by atoms with E-state index >= 15 is 0 Å². The van der Waals surface area contributed by atoms with Gasteiger partial charge >= 0.3 is 0 Å². The minimum Gasteiger partial charge on any atom is -0.383 e. The highest BCUT2D eigenvalue weighted by molar-refractivity contribution is 14.1. The van der Waals surface area contributed by atoms with Gasteiger partial charge in [0.05, 0.1) is 0 Å². The zero-order valence-corrected chi connectivity index (χ0v) is 9.60. The number of aromatic nitrogens is 1. The highest BCUT2D eigenvalue weighted by Crippen LogP contribution is 2.25. The van der Waals surface area contributed by atoms with E-state index in [0.29, 0.717) is 5.82 Å². The van der Waals surface area contributed by atoms with E-state index in [0.717, 1.165) is 14.7 Å². The summed E-state index contributed by atoms with van der Waals surface area (Å²) in [7, 11) is 0. The zero-order chi connectivity index (χ0) is 9.97. The summed E-state index contributed by atoms with van der Waals surface area (Å²) in [5.41, 5.74) is 7.91. The molecular weight excluding hydrogens is 287 g/mol. The van der Waals surface area contributed by atoms with E-state index < -0.39 is 0 Å². The Morgan fingerprint density at radius 3 is 2.57 bits per heavy atom. The lowest BCUT2D eigenvalue weighted by atomic mass is 10.1. The number of pyridine rings is 1. The van der Waals surface area contributed by atoms with Crippen LogP contribution in [-0.2, 0) is 0 Å². The Balaban J connectivity index is 2.57. The first-order valence-electron chi connectivity index (χ1n) is 4.24. The van der Waals surface area contributed by atoms with Crippen molar-refractivity contribution >= 4 is 28.4 Å². The quantitative estimate of drug-likeness (QED) is 0.822. The maximum atomic E-state index is 5.81. The maximum absolute atomic E-state index is 5.81. The van der Waals surface area contributed by atoms with Crippen LogP contribution in [-0.4, -0.2) is 4.98 Å². The van der Waals surface area contributed by atoms with Crippen molar-refractivity contribution in [2.75, 3.05) is 5.73 Å². The fourth-order valence-corrected chi connectivity index (χ4v) is 1.75. The average Bonchev–Trinajstić information content (AvgIpc) is 2.23. The predicted octanol–water partition coefficient (Wildman–Crippen LogP) is 2.94. The fraction of sp³-hybridized carbons (Fsp3) is 0. The second kappa shape index (κ2) is 3.96. The second-order valence-electron chi connectivity index (χ2n) is 2.95. The molecule has 0 saturated carbocycles. The molecule has 0 unspecified atom stereocenters. The summed E-state index contributed by atoms with van der Waals surface area (Å²) in [5, 5.41) is 0. The molecule has 2 nitrogen and oxygen atoms in total. The number of hydrogen-bond donors (Lipinski definition) is 1. The Hall–Kier alpha value is -1.10. The summed E-state index contributed by atoms with van der Waals surface area (Å²) in [6.07, 6.45) is 1.77. The summed E-state index contributed by atoms with van der Waals surface area (Å²) >= 11 is 2.23. The van der Waals surface area contributed by atoms with E-state index in [4.69, 9.17) is 5.73 Å². The zero-order valence-electron chi connectivity index (χ0n) is 7.44. The van der Waals surface area contributed by atoms with Crippen molar-refractivity contribution in [1.82, 2.24) is 4.98 Å². The van der Waals surface area contributed by atoms with Crippen LogP contribution in [0.2, 0.25) is 0 Å². The monoisotopic (exact) mass is 296 g/mol. The lowest BCUT2D eigenvalue weighted by Gasteiger charge is -2.04. The van der Waals surface area contributed by atoms with Gasteiger partial charge in [0.25, 0.3) is 0 Å². The Morgan fingerprint density at radius 1 is 1.14 bits per heavy atom. The molecule has 0 spiro atoms. The first-order chi connectivity index (χ1) is 6.77. The minimum atomic E-state index is 0.580. The maximum Gasteiger partial charge on any atom is 0.131 e. The van der Waals surface area contributed by atoms with Gasteiger partial charge in [-0.3, -0.25) is 0 Å². The fourth-order valence-electron chi connectivity index (χ4n) is 1.30. The summed E-state index contributed by atoms with van der Waals surface area (Å²) in [6, 6.07) is 12.1. The van der Waals surface area contributed by atoms with Crippen molar-refractivity contribution in [2.24, 2.45) is 0 Å². The standard InChI is InChI=1S/C11H9IN2/c12-9-6-10(11(13)14-7-9)8-4-2-1-3-5-8/h1-7H,(H2,13,14). The molecule has 14 heavy (non-hydrogen) atoms. The first-order valence-corrected chi connectivity index (χ1v) is 5.31. The number of nitrogens with two attached hydrogens (primary N) is 1. The number of halogens is 1. The normalized spacial score (nSPS) is 10.1. The number of benzene rings is 1. The molecule has 3 heteroatoms. The highest BCUT2D eigenvalue weighted by atomic mass is 127. The molecule has 0 amide bonds. The van der Waals surface area contributed by atoms with E-state index in [2.05, 4.69) is 27.6 Å². The van der Waals surface area contributed by atoms with Gasteiger partial charge in [0.1, 0.15) is 5.82 Å². The van der Waals surface area contributed by atoms with E-state index in [1.54, 1.807) is 6.20 Å². The van der Waals surface area contributed by atoms with Crippen molar-refractivity contribution in [3.8, 4) is 11.1 Å². The summed E-state index contributed by atoms with van der Waals surface area (Å²) in [5.74, 6) is 0.580. The van der Waals surface area contributed by atoms with Crippen LogP contribution in [0.3, 0.4) is 0 Å². The molecule has 1 aromatic carbocycles. The molecule has 70 valence electrons. The molecule has 1 aromatic heterocycles. The van der Waals surface area contributed by atoms with Gasteiger partial charge in [-0.25, -0.2) is 4.98 Å². The van der Waals surface area contributed by atoms with Crippen LogP contribution in [0.15, 0.2) is 42.6 Å². The van der Waals surface area contributed by atoms with Crippen LogP contribution in [0, 0.1) is 3.57 Å². The molecule has 2 aromatic rings. The Labute approximate surface area is 96.3 Å². The van der Waals surface area contributed by atoms with Crippen molar-refractivity contribution in [3.63, 3.8) is 0 Å². The number of hydrogen-bond acceptors (Lipinski definition) is 2. The van der Waals surface area contributed by atoms with E-state index in [9.17, 15) is 0 Å². The second-order valence-corrected chi connectivity index (χ2v) is 4.20. The van der Waals surface area contributed by atoms with Gasteiger partial charge < -0.3 is 5.73 Å². The molecule has 2 N–H and O–H groups in total. The van der Waals surface area contributed by atoms with Crippen LogP contribution in [0.25, 0.3) is 11.1 Å². The molecule has 0 aliphatic rings. The molecule has 0 fully saturated rings. The summed E-state index contributed by atoms with van der Waals surface area (Å²) in [6.45, 7) is 0. The third-order valence-electron chi connectivity index (χ3n) is 1.97. The first kappa shape index (κ1) is 9.45. The molecule has 1 heterocycles. The molecule has 0 aliphatic heterocycles. The molecule has 2 rings (SSSR count). The van der Waals surface area contributed by atoms with Crippen molar-refractivity contribution in [1.29, 1.82) is 0 Å². The van der Waals surface area contributed by atoms with Crippen LogP contribution < -0.4 is 5.73 Å². The van der Waals surface area contributed by atoms with Crippen LogP contribution in [0.4, 0.5) is 5.82 Å². The Kier molecular flexibility index (Phi) is 2.67. The smallest absolute Gasteiger partial charge is 0.131 e. The van der Waals surface area contributed by atoms with E-state index in [1.165, 1.54) is 0 Å². The molecule has 0 radical (unpaired) electrons. The predicted molar refractivity (Wildman–Crippen MR) is 66.8 cm³/mol. The van der Waals surface area contributed by atoms with E-state index in [-0.39, 0.29) is 0 Å². The largest absolute Gasteiger partial charge is 0.383 e. The third-order valence-corrected chi connectivity index (χ3v) is 2.56. The van der Waals surface area contributed by atoms with Gasteiger partial charge in [-0.1, -0.05) is 30.3 Å². The van der Waals surface area contributed by atoms with Gasteiger partial charge in [-0.05, 0) is 34.2 Å². The number of nitrogen functional groups attached to an aromatic ring is 1. The summed E-state index contributed by atoms with van der Waals surface area (Å²) in [4.78, 5) is 4.13. The van der Waals surface area contributed by atoms with Gasteiger partial charge in [-0.2, -0.15) is 0 Å². The average molecular weight is 296 g/mol. The Morgan fingerprint density at radius 2 is 1.86 bits per heavy atom. The van der Waals surface area contributed by atoms with E-state index in [1.807, 2.05) is 36.4 Å². The summed E-state index contributed by atoms with van der Waals surface area (Å²) < 4.78 is 1.09. The van der Waals surface area contributed by atoms with Crippen LogP contribution in [0.5, 0.6) is 0 Å². The number of rotatable bonds is 1. The lowest BCUT2D eigenvalue weighted by Crippen LogP contribution is -1.94. The Bertz CT molecular complexity index is 440. The van der Waals surface area contributed by atoms with Crippen LogP contribution >= 0.6 is 22.6 Å². The minimum absolute atomic E-state index is 0.580. The highest BCUT2D eigenvalue weighted by Gasteiger charge is 2.03.